The lowest BCUT2D eigenvalue weighted by molar-refractivity contribution is 0.400. The number of hydrogen-bond acceptors (Lipinski definition) is 5. The zero-order valence-corrected chi connectivity index (χ0v) is 10.4. The van der Waals surface area contributed by atoms with E-state index >= 15 is 0 Å². The van der Waals surface area contributed by atoms with Crippen molar-refractivity contribution < 1.29 is 4.52 Å². The highest BCUT2D eigenvalue weighted by atomic mass is 32.1. The Morgan fingerprint density at radius 3 is 2.75 bits per heavy atom. The van der Waals surface area contributed by atoms with Crippen molar-refractivity contribution in [3.63, 3.8) is 0 Å². The van der Waals surface area contributed by atoms with E-state index in [1.165, 1.54) is 0 Å². The molecule has 5 heteroatoms. The maximum Gasteiger partial charge on any atom is 0.268 e. The Morgan fingerprint density at radius 2 is 2.19 bits per heavy atom. The van der Waals surface area contributed by atoms with Gasteiger partial charge in [-0.15, -0.1) is 11.3 Å². The van der Waals surface area contributed by atoms with Crippen LogP contribution < -0.4 is 5.73 Å². The van der Waals surface area contributed by atoms with E-state index in [9.17, 15) is 0 Å². The maximum absolute atomic E-state index is 5.96. The average molecular weight is 237 g/mol. The minimum Gasteiger partial charge on any atom is -0.333 e. The van der Waals surface area contributed by atoms with Gasteiger partial charge in [-0.1, -0.05) is 19.0 Å². The number of aryl methyl sites for hydroxylation is 1. The molecule has 0 aliphatic heterocycles. The summed E-state index contributed by atoms with van der Waals surface area (Å²) in [6.07, 6.45) is 0. The molecule has 0 amide bonds. The van der Waals surface area contributed by atoms with Crippen molar-refractivity contribution in [2.45, 2.75) is 26.8 Å². The molecule has 0 spiro atoms. The van der Waals surface area contributed by atoms with Gasteiger partial charge in [-0.2, -0.15) is 4.98 Å². The van der Waals surface area contributed by atoms with Crippen molar-refractivity contribution in [2.24, 2.45) is 11.7 Å². The van der Waals surface area contributed by atoms with E-state index in [-0.39, 0.29) is 6.04 Å². The normalized spacial score (nSPS) is 13.3. The van der Waals surface area contributed by atoms with Crippen LogP contribution in [0.4, 0.5) is 0 Å². The number of rotatable bonds is 3. The number of aromatic nitrogens is 2. The molecule has 0 bridgehead atoms. The van der Waals surface area contributed by atoms with E-state index in [4.69, 9.17) is 10.3 Å². The molecule has 2 aromatic heterocycles. The molecule has 2 N–H and O–H groups in total. The van der Waals surface area contributed by atoms with Crippen LogP contribution in [0, 0.1) is 12.8 Å². The molecular formula is C11H15N3OS. The van der Waals surface area contributed by atoms with Gasteiger partial charge in [0.25, 0.3) is 5.89 Å². The molecule has 2 aromatic rings. The molecule has 1 atom stereocenters. The first-order valence-electron chi connectivity index (χ1n) is 5.23. The summed E-state index contributed by atoms with van der Waals surface area (Å²) in [6, 6.07) is 1.87. The third-order valence-electron chi connectivity index (χ3n) is 2.51. The summed E-state index contributed by atoms with van der Waals surface area (Å²) < 4.78 is 5.23. The molecular weight excluding hydrogens is 222 g/mol. The Morgan fingerprint density at radius 1 is 1.44 bits per heavy atom. The second-order valence-corrected chi connectivity index (χ2v) is 5.08. The second-order valence-electron chi connectivity index (χ2n) is 4.16. The number of thiophene rings is 1. The third kappa shape index (κ3) is 2.01. The van der Waals surface area contributed by atoms with Gasteiger partial charge >= 0.3 is 0 Å². The Labute approximate surface area is 98.5 Å². The zero-order valence-electron chi connectivity index (χ0n) is 9.60. The topological polar surface area (TPSA) is 64.9 Å². The Hall–Kier alpha value is -1.20. The highest BCUT2D eigenvalue weighted by Gasteiger charge is 2.19. The maximum atomic E-state index is 5.96. The summed E-state index contributed by atoms with van der Waals surface area (Å²) in [7, 11) is 0. The van der Waals surface area contributed by atoms with Gasteiger partial charge in [0.2, 0.25) is 0 Å². The molecule has 86 valence electrons. The van der Waals surface area contributed by atoms with Gasteiger partial charge in [-0.05, 0) is 29.9 Å². The van der Waals surface area contributed by atoms with Crippen LogP contribution in [0.2, 0.25) is 0 Å². The molecule has 16 heavy (non-hydrogen) atoms. The molecule has 2 heterocycles. The summed E-state index contributed by atoms with van der Waals surface area (Å²) >= 11 is 1.60. The minimum atomic E-state index is -0.169. The van der Waals surface area contributed by atoms with Crippen molar-refractivity contribution in [1.29, 1.82) is 0 Å². The van der Waals surface area contributed by atoms with Crippen LogP contribution in [0.15, 0.2) is 16.0 Å². The fourth-order valence-electron chi connectivity index (χ4n) is 1.35. The SMILES string of the molecule is Cc1ccsc1-c1nc(C(N)C(C)C)no1. The van der Waals surface area contributed by atoms with E-state index in [1.807, 2.05) is 32.2 Å². The molecule has 0 saturated heterocycles. The summed E-state index contributed by atoms with van der Waals surface area (Å²) in [5.74, 6) is 1.45. The number of nitrogens with two attached hydrogens (primary N) is 1. The highest BCUT2D eigenvalue weighted by Crippen LogP contribution is 2.28. The van der Waals surface area contributed by atoms with Gasteiger partial charge in [0, 0.05) is 0 Å². The number of nitrogens with zero attached hydrogens (tertiary/aromatic N) is 2. The van der Waals surface area contributed by atoms with Crippen LogP contribution in [0.25, 0.3) is 10.8 Å². The number of hydrogen-bond donors (Lipinski definition) is 1. The summed E-state index contributed by atoms with van der Waals surface area (Å²) in [4.78, 5) is 5.37. The van der Waals surface area contributed by atoms with Crippen molar-refractivity contribution in [3.8, 4) is 10.8 Å². The molecule has 0 radical (unpaired) electrons. The van der Waals surface area contributed by atoms with Crippen LogP contribution in [0.5, 0.6) is 0 Å². The first-order valence-corrected chi connectivity index (χ1v) is 6.11. The van der Waals surface area contributed by atoms with Crippen LogP contribution in [0.3, 0.4) is 0 Å². The smallest absolute Gasteiger partial charge is 0.268 e. The van der Waals surface area contributed by atoms with Crippen LogP contribution in [-0.4, -0.2) is 10.1 Å². The van der Waals surface area contributed by atoms with Gasteiger partial charge in [0.05, 0.1) is 10.9 Å². The Bertz CT molecular complexity index is 475. The van der Waals surface area contributed by atoms with Crippen molar-refractivity contribution in [1.82, 2.24) is 10.1 Å². The predicted molar refractivity (Wildman–Crippen MR) is 64.1 cm³/mol. The highest BCUT2D eigenvalue weighted by molar-refractivity contribution is 7.13. The van der Waals surface area contributed by atoms with Crippen LogP contribution in [-0.2, 0) is 0 Å². The van der Waals surface area contributed by atoms with E-state index in [1.54, 1.807) is 11.3 Å². The van der Waals surface area contributed by atoms with Crippen molar-refractivity contribution >= 4 is 11.3 Å². The lowest BCUT2D eigenvalue weighted by Crippen LogP contribution is -2.18. The lowest BCUT2D eigenvalue weighted by atomic mass is 10.1. The van der Waals surface area contributed by atoms with Gasteiger partial charge in [0.15, 0.2) is 5.82 Å². The van der Waals surface area contributed by atoms with E-state index in [2.05, 4.69) is 10.1 Å². The van der Waals surface area contributed by atoms with Crippen LogP contribution in [0.1, 0.15) is 31.3 Å². The Balaban J connectivity index is 2.30. The van der Waals surface area contributed by atoms with Gasteiger partial charge in [-0.25, -0.2) is 0 Å². The molecule has 0 aromatic carbocycles. The van der Waals surface area contributed by atoms with Crippen molar-refractivity contribution in [2.75, 3.05) is 0 Å². The molecule has 0 aliphatic rings. The first-order chi connectivity index (χ1) is 7.59. The second kappa shape index (κ2) is 4.35. The fraction of sp³-hybridized carbons (Fsp3) is 0.455. The fourth-order valence-corrected chi connectivity index (χ4v) is 2.20. The first kappa shape index (κ1) is 11.3. The summed E-state index contributed by atoms with van der Waals surface area (Å²) in [5, 5.41) is 5.94. The quantitative estimate of drug-likeness (QED) is 0.891. The largest absolute Gasteiger partial charge is 0.333 e. The molecule has 1 unspecified atom stereocenters. The zero-order chi connectivity index (χ0) is 11.7. The molecule has 0 saturated carbocycles. The third-order valence-corrected chi connectivity index (χ3v) is 3.52. The van der Waals surface area contributed by atoms with Gasteiger partial charge in [-0.3, -0.25) is 0 Å². The van der Waals surface area contributed by atoms with E-state index in [0.717, 1.165) is 10.4 Å². The monoisotopic (exact) mass is 237 g/mol. The van der Waals surface area contributed by atoms with Gasteiger partial charge in [0.1, 0.15) is 0 Å². The standard InChI is InChI=1S/C11H15N3OS/c1-6(2)8(12)10-13-11(15-14-10)9-7(3)4-5-16-9/h4-6,8H,12H2,1-3H3. The summed E-state index contributed by atoms with van der Waals surface area (Å²) in [6.45, 7) is 6.10. The van der Waals surface area contributed by atoms with E-state index < -0.39 is 0 Å². The predicted octanol–water partition coefficient (Wildman–Crippen LogP) is 2.76. The molecule has 2 rings (SSSR count). The Kier molecular flexibility index (Phi) is 3.07. The molecule has 0 fully saturated rings. The minimum absolute atomic E-state index is 0.169. The molecule has 4 nitrogen and oxygen atoms in total. The van der Waals surface area contributed by atoms with Crippen LogP contribution >= 0.6 is 11.3 Å². The van der Waals surface area contributed by atoms with Crippen molar-refractivity contribution in [3.05, 3.63) is 22.8 Å². The molecule has 0 aliphatic carbocycles. The van der Waals surface area contributed by atoms with E-state index in [0.29, 0.717) is 17.6 Å². The average Bonchev–Trinajstić information content (AvgIpc) is 2.84. The summed E-state index contributed by atoms with van der Waals surface area (Å²) in [5.41, 5.74) is 7.11. The lowest BCUT2D eigenvalue weighted by Gasteiger charge is -2.09. The van der Waals surface area contributed by atoms with Gasteiger partial charge < -0.3 is 10.3 Å².